The summed E-state index contributed by atoms with van der Waals surface area (Å²) in [6.07, 6.45) is 1.32. The van der Waals surface area contributed by atoms with E-state index < -0.39 is 7.05 Å². The van der Waals surface area contributed by atoms with E-state index in [0.717, 1.165) is 15.9 Å². The molecule has 0 aliphatic rings. The normalized spacial score (nSPS) is 11.3. The second-order valence-corrected chi connectivity index (χ2v) is 9.71. The van der Waals surface area contributed by atoms with Gasteiger partial charge in [0.15, 0.2) is 0 Å². The predicted octanol–water partition coefficient (Wildman–Crippen LogP) is 5.03. The summed E-state index contributed by atoms with van der Waals surface area (Å²) in [5, 5.41) is 7.62. The first-order valence-electron chi connectivity index (χ1n) is 9.71. The fourth-order valence-electron chi connectivity index (χ4n) is 3.37. The summed E-state index contributed by atoms with van der Waals surface area (Å²) < 4.78 is 0. The lowest BCUT2D eigenvalue weighted by Crippen LogP contribution is -2.25. The Morgan fingerprint density at radius 3 is 1.33 bits per heavy atom. The maximum Gasteiger partial charge on any atom is 0.205 e. The van der Waals surface area contributed by atoms with E-state index in [0.29, 0.717) is 5.56 Å². The summed E-state index contributed by atoms with van der Waals surface area (Å²) in [5.41, 5.74) is 0.597. The summed E-state index contributed by atoms with van der Waals surface area (Å²) in [5.74, 6) is -0.161. The second kappa shape index (κ2) is 9.30. The van der Waals surface area contributed by atoms with Gasteiger partial charge in [-0.15, -0.1) is 0 Å². The molecular formula is C26H21N2OP. The van der Waals surface area contributed by atoms with Crippen molar-refractivity contribution in [2.75, 3.05) is 0 Å². The van der Waals surface area contributed by atoms with Gasteiger partial charge in [-0.05, 0) is 0 Å². The van der Waals surface area contributed by atoms with Crippen LogP contribution in [0, 0.1) is 0 Å². The van der Waals surface area contributed by atoms with Crippen LogP contribution in [0.25, 0.3) is 0 Å². The Labute approximate surface area is 176 Å². The Kier molecular flexibility index (Phi) is 6.12. The van der Waals surface area contributed by atoms with Crippen molar-refractivity contribution >= 4 is 35.0 Å². The van der Waals surface area contributed by atoms with Crippen LogP contribution >= 0.6 is 7.05 Å². The smallest absolute Gasteiger partial charge is 0.205 e. The first kappa shape index (κ1) is 19.8. The molecule has 0 spiro atoms. The topological polar surface area (TPSA) is 41.8 Å². The SMILES string of the molecule is O=C(/C=N/N=P(c1ccccc1)(c1ccccc1)c1ccccc1)c1ccccc1. The highest BCUT2D eigenvalue weighted by atomic mass is 31.2. The van der Waals surface area contributed by atoms with Gasteiger partial charge in [0.1, 0.15) is 0 Å². The third-order valence-corrected chi connectivity index (χ3v) is 8.32. The highest BCUT2D eigenvalue weighted by Crippen LogP contribution is 2.46. The van der Waals surface area contributed by atoms with E-state index in [-0.39, 0.29) is 5.78 Å². The minimum atomic E-state index is -2.43. The molecule has 3 nitrogen and oxygen atoms in total. The number of benzene rings is 4. The molecule has 0 heterocycles. The molecule has 0 aliphatic carbocycles. The summed E-state index contributed by atoms with van der Waals surface area (Å²) in [6.45, 7) is 0. The summed E-state index contributed by atoms with van der Waals surface area (Å²) in [7, 11) is -2.43. The molecule has 4 aromatic carbocycles. The van der Waals surface area contributed by atoms with Crippen LogP contribution in [0.15, 0.2) is 131 Å². The van der Waals surface area contributed by atoms with E-state index in [1.54, 1.807) is 12.1 Å². The van der Waals surface area contributed by atoms with Crippen molar-refractivity contribution in [2.24, 2.45) is 9.96 Å². The molecule has 0 atom stereocenters. The van der Waals surface area contributed by atoms with Crippen molar-refractivity contribution < 1.29 is 4.79 Å². The number of nitrogens with zero attached hydrogens (tertiary/aromatic N) is 2. The average molecular weight is 408 g/mol. The highest BCUT2D eigenvalue weighted by Gasteiger charge is 2.27. The summed E-state index contributed by atoms with van der Waals surface area (Å²) in [6, 6.07) is 39.8. The van der Waals surface area contributed by atoms with Crippen molar-refractivity contribution in [1.82, 2.24) is 0 Å². The molecule has 0 N–H and O–H groups in total. The molecular weight excluding hydrogens is 387 g/mol. The van der Waals surface area contributed by atoms with Crippen LogP contribution in [0.4, 0.5) is 0 Å². The van der Waals surface area contributed by atoms with Crippen LogP contribution in [0.5, 0.6) is 0 Å². The largest absolute Gasteiger partial charge is 0.287 e. The van der Waals surface area contributed by atoms with E-state index in [2.05, 4.69) is 41.5 Å². The molecule has 30 heavy (non-hydrogen) atoms. The fourth-order valence-corrected chi connectivity index (χ4v) is 6.59. The van der Waals surface area contributed by atoms with Gasteiger partial charge in [-0.2, -0.15) is 9.96 Å². The average Bonchev–Trinajstić information content (AvgIpc) is 2.84. The highest BCUT2D eigenvalue weighted by molar-refractivity contribution is 7.87. The molecule has 0 saturated carbocycles. The van der Waals surface area contributed by atoms with Gasteiger partial charge in [0.05, 0.1) is 13.3 Å². The molecule has 0 aromatic heterocycles. The number of carbonyl (C=O) groups excluding carboxylic acids is 1. The molecule has 0 radical (unpaired) electrons. The lowest BCUT2D eigenvalue weighted by molar-refractivity contribution is 0.107. The molecule has 4 heteroatoms. The standard InChI is InChI=1S/C26H21N2OP/c29-26(22-13-5-1-6-14-22)21-27-28-30(23-15-7-2-8-16-23,24-17-9-3-10-18-24)25-19-11-4-12-20-25/h1-21H/b27-21+. The van der Waals surface area contributed by atoms with Crippen LogP contribution in [0.2, 0.25) is 0 Å². The van der Waals surface area contributed by atoms with Gasteiger partial charge in [-0.1, -0.05) is 121 Å². The minimum absolute atomic E-state index is 0.161. The summed E-state index contributed by atoms with van der Waals surface area (Å²) in [4.78, 5) is 17.4. The first-order valence-corrected chi connectivity index (χ1v) is 11.5. The van der Waals surface area contributed by atoms with E-state index in [4.69, 9.17) is 4.85 Å². The third-order valence-electron chi connectivity index (χ3n) is 4.81. The minimum Gasteiger partial charge on any atom is -0.287 e. The molecule has 146 valence electrons. The third kappa shape index (κ3) is 4.07. The molecule has 0 unspecified atom stereocenters. The Balaban J connectivity index is 1.92. The molecule has 0 fully saturated rings. The van der Waals surface area contributed by atoms with Gasteiger partial charge >= 0.3 is 0 Å². The number of ketones is 1. The number of Topliss-reactive ketones (excluding diaryl/α,β-unsaturated/α-hetero) is 1. The van der Waals surface area contributed by atoms with E-state index in [1.807, 2.05) is 72.8 Å². The van der Waals surface area contributed by atoms with Crippen LogP contribution in [0.1, 0.15) is 10.4 Å². The second-order valence-electron chi connectivity index (χ2n) is 6.71. The van der Waals surface area contributed by atoms with Gasteiger partial charge < -0.3 is 0 Å². The van der Waals surface area contributed by atoms with Crippen LogP contribution in [-0.2, 0) is 0 Å². The first-order chi connectivity index (χ1) is 14.8. The lowest BCUT2D eigenvalue weighted by atomic mass is 10.1. The zero-order valence-corrected chi connectivity index (χ0v) is 17.3. The van der Waals surface area contributed by atoms with Crippen molar-refractivity contribution in [1.29, 1.82) is 0 Å². The number of carbonyl (C=O) groups is 1. The Bertz CT molecular complexity index is 1090. The van der Waals surface area contributed by atoms with Gasteiger partial charge in [0, 0.05) is 21.5 Å². The molecule has 4 aromatic rings. The number of hydrogen-bond donors (Lipinski definition) is 0. The summed E-state index contributed by atoms with van der Waals surface area (Å²) >= 11 is 0. The maximum absolute atomic E-state index is 12.5. The lowest BCUT2D eigenvalue weighted by Gasteiger charge is -2.25. The molecule has 0 aliphatic heterocycles. The predicted molar refractivity (Wildman–Crippen MR) is 127 cm³/mol. The van der Waals surface area contributed by atoms with Crippen LogP contribution in [-0.4, -0.2) is 12.0 Å². The van der Waals surface area contributed by atoms with E-state index in [1.165, 1.54) is 6.21 Å². The van der Waals surface area contributed by atoms with Crippen LogP contribution < -0.4 is 15.9 Å². The zero-order chi connectivity index (χ0) is 20.7. The number of hydrogen-bond acceptors (Lipinski definition) is 2. The maximum atomic E-state index is 12.5. The molecule has 4 rings (SSSR count). The molecule has 0 saturated heterocycles. The van der Waals surface area contributed by atoms with Gasteiger partial charge in [0.2, 0.25) is 5.78 Å². The quantitative estimate of drug-likeness (QED) is 0.191. The Morgan fingerprint density at radius 1 is 0.567 bits per heavy atom. The zero-order valence-electron chi connectivity index (χ0n) is 16.4. The number of rotatable bonds is 6. The van der Waals surface area contributed by atoms with Crippen molar-refractivity contribution in [3.05, 3.63) is 127 Å². The van der Waals surface area contributed by atoms with Crippen molar-refractivity contribution in [2.45, 2.75) is 0 Å². The monoisotopic (exact) mass is 408 g/mol. The van der Waals surface area contributed by atoms with E-state index >= 15 is 0 Å². The molecule has 0 bridgehead atoms. The van der Waals surface area contributed by atoms with Gasteiger partial charge in [0.25, 0.3) is 0 Å². The van der Waals surface area contributed by atoms with Crippen LogP contribution in [0.3, 0.4) is 0 Å². The fraction of sp³-hybridized carbons (Fsp3) is 0. The Hall–Kier alpha value is -3.55. The molecule has 0 amide bonds. The van der Waals surface area contributed by atoms with Crippen molar-refractivity contribution in [3.63, 3.8) is 0 Å². The van der Waals surface area contributed by atoms with Gasteiger partial charge in [-0.25, -0.2) is 0 Å². The van der Waals surface area contributed by atoms with E-state index in [9.17, 15) is 4.79 Å². The Morgan fingerprint density at radius 2 is 0.933 bits per heavy atom. The van der Waals surface area contributed by atoms with Crippen molar-refractivity contribution in [3.8, 4) is 0 Å². The van der Waals surface area contributed by atoms with Gasteiger partial charge in [-0.3, -0.25) is 4.79 Å².